The molecule has 0 saturated heterocycles. The molecule has 0 radical (unpaired) electrons. The zero-order valence-electron chi connectivity index (χ0n) is 10.2. The Morgan fingerprint density at radius 1 is 1.00 bits per heavy atom. The highest BCUT2D eigenvalue weighted by Gasteiger charge is 2.38. The van der Waals surface area contributed by atoms with Gasteiger partial charge in [-0.25, -0.2) is 0 Å². The predicted octanol–water partition coefficient (Wildman–Crippen LogP) is 4.88. The Kier molecular flexibility index (Phi) is 4.76. The zero-order chi connectivity index (χ0) is 12.1. The van der Waals surface area contributed by atoms with Gasteiger partial charge in [0.1, 0.15) is 0 Å². The van der Waals surface area contributed by atoms with Crippen molar-refractivity contribution in [3.8, 4) is 0 Å². The molecule has 2 heteroatoms. The Bertz CT molecular complexity index is 324. The monoisotopic (exact) mass is 270 g/mol. The molecule has 94 valence electrons. The summed E-state index contributed by atoms with van der Waals surface area (Å²) in [5, 5.41) is 0. The Labute approximate surface area is 114 Å². The lowest BCUT2D eigenvalue weighted by atomic mass is 9.73. The average molecular weight is 271 g/mol. The number of hydrogen-bond acceptors (Lipinski definition) is 0. The first-order valence-electron chi connectivity index (χ1n) is 6.46. The van der Waals surface area contributed by atoms with Gasteiger partial charge in [-0.3, -0.25) is 0 Å². The fourth-order valence-corrected chi connectivity index (χ4v) is 3.94. The third kappa shape index (κ3) is 2.98. The van der Waals surface area contributed by atoms with E-state index in [1.165, 1.54) is 31.2 Å². The highest BCUT2D eigenvalue weighted by molar-refractivity contribution is 6.21. The van der Waals surface area contributed by atoms with E-state index in [1.54, 1.807) is 0 Å². The van der Waals surface area contributed by atoms with Crippen LogP contribution >= 0.6 is 23.2 Å². The molecule has 0 aliphatic heterocycles. The van der Waals surface area contributed by atoms with E-state index >= 15 is 0 Å². The van der Waals surface area contributed by atoms with Crippen LogP contribution in [0.1, 0.15) is 31.2 Å². The van der Waals surface area contributed by atoms with Gasteiger partial charge >= 0.3 is 0 Å². The van der Waals surface area contributed by atoms with Crippen molar-refractivity contribution in [1.82, 2.24) is 0 Å². The summed E-state index contributed by atoms with van der Waals surface area (Å²) in [4.78, 5) is 0. The fraction of sp³-hybridized carbons (Fsp3) is 0.600. The second kappa shape index (κ2) is 6.11. The van der Waals surface area contributed by atoms with E-state index in [2.05, 4.69) is 30.3 Å². The molecule has 0 N–H and O–H groups in total. The van der Waals surface area contributed by atoms with Crippen LogP contribution in [0.4, 0.5) is 0 Å². The van der Waals surface area contributed by atoms with E-state index in [9.17, 15) is 0 Å². The predicted molar refractivity (Wildman–Crippen MR) is 76.0 cm³/mol. The molecule has 1 aliphatic rings. The van der Waals surface area contributed by atoms with Crippen LogP contribution in [0, 0.1) is 11.3 Å². The molecule has 1 aliphatic carbocycles. The summed E-state index contributed by atoms with van der Waals surface area (Å²) in [6, 6.07) is 10.6. The Morgan fingerprint density at radius 2 is 1.59 bits per heavy atom. The van der Waals surface area contributed by atoms with Gasteiger partial charge in [0.25, 0.3) is 0 Å². The van der Waals surface area contributed by atoms with E-state index in [4.69, 9.17) is 23.2 Å². The molecule has 1 aromatic carbocycles. The van der Waals surface area contributed by atoms with Crippen molar-refractivity contribution >= 4 is 23.2 Å². The third-order valence-corrected chi connectivity index (χ3v) is 5.22. The smallest absolute Gasteiger partial charge is 0.0297 e. The van der Waals surface area contributed by atoms with Crippen LogP contribution in [0.2, 0.25) is 0 Å². The third-order valence-electron chi connectivity index (χ3n) is 4.15. The fourth-order valence-electron chi connectivity index (χ4n) is 3.03. The van der Waals surface area contributed by atoms with Crippen molar-refractivity contribution < 1.29 is 0 Å². The van der Waals surface area contributed by atoms with Gasteiger partial charge in [-0.05, 0) is 30.7 Å². The maximum atomic E-state index is 6.27. The lowest BCUT2D eigenvalue weighted by Gasteiger charge is -2.36. The van der Waals surface area contributed by atoms with Gasteiger partial charge in [0, 0.05) is 17.2 Å². The molecule has 0 aromatic heterocycles. The van der Waals surface area contributed by atoms with Gasteiger partial charge in [0.15, 0.2) is 0 Å². The van der Waals surface area contributed by atoms with Crippen LogP contribution in [0.3, 0.4) is 0 Å². The molecule has 1 fully saturated rings. The maximum absolute atomic E-state index is 6.27. The van der Waals surface area contributed by atoms with E-state index in [-0.39, 0.29) is 5.41 Å². The van der Waals surface area contributed by atoms with E-state index in [0.29, 0.717) is 17.7 Å². The van der Waals surface area contributed by atoms with Gasteiger partial charge in [0.05, 0.1) is 0 Å². The summed E-state index contributed by atoms with van der Waals surface area (Å²) >= 11 is 12.5. The van der Waals surface area contributed by atoms with Crippen molar-refractivity contribution in [2.45, 2.75) is 32.1 Å². The second-order valence-electron chi connectivity index (χ2n) is 5.27. The minimum atomic E-state index is 0.0982. The highest BCUT2D eigenvalue weighted by Crippen LogP contribution is 2.44. The number of hydrogen-bond donors (Lipinski definition) is 0. The molecule has 17 heavy (non-hydrogen) atoms. The minimum absolute atomic E-state index is 0.0982. The van der Waals surface area contributed by atoms with Crippen LogP contribution in [0.15, 0.2) is 30.3 Å². The quantitative estimate of drug-likeness (QED) is 0.669. The molecular formula is C15H20Cl2. The van der Waals surface area contributed by atoms with Crippen molar-refractivity contribution in [3.05, 3.63) is 35.9 Å². The SMILES string of the molecule is ClCC(CCl)(Cc1ccccc1)C1CCCC1. The van der Waals surface area contributed by atoms with Gasteiger partial charge in [-0.1, -0.05) is 43.2 Å². The molecule has 0 unspecified atom stereocenters. The molecule has 0 amide bonds. The average Bonchev–Trinajstić information content (AvgIpc) is 2.92. The summed E-state index contributed by atoms with van der Waals surface area (Å²) < 4.78 is 0. The number of halogens is 2. The second-order valence-corrected chi connectivity index (χ2v) is 5.81. The molecule has 0 heterocycles. The lowest BCUT2D eigenvalue weighted by molar-refractivity contribution is 0.225. The van der Waals surface area contributed by atoms with E-state index in [1.807, 2.05) is 0 Å². The summed E-state index contributed by atoms with van der Waals surface area (Å²) in [6.07, 6.45) is 6.30. The number of benzene rings is 1. The number of rotatable bonds is 5. The molecule has 0 atom stereocenters. The first-order valence-corrected chi connectivity index (χ1v) is 7.53. The molecule has 0 nitrogen and oxygen atoms in total. The minimum Gasteiger partial charge on any atom is -0.126 e. The molecule has 2 rings (SSSR count). The van der Waals surface area contributed by atoms with Crippen LogP contribution < -0.4 is 0 Å². The largest absolute Gasteiger partial charge is 0.126 e. The standard InChI is InChI=1S/C15H20Cl2/c16-11-15(12-17,14-8-4-5-9-14)10-13-6-2-1-3-7-13/h1-3,6-7,14H,4-5,8-12H2. The van der Waals surface area contributed by atoms with Crippen molar-refractivity contribution in [1.29, 1.82) is 0 Å². The summed E-state index contributed by atoms with van der Waals surface area (Å²) in [7, 11) is 0. The molecule has 0 spiro atoms. The summed E-state index contributed by atoms with van der Waals surface area (Å²) in [6.45, 7) is 0. The summed E-state index contributed by atoms with van der Waals surface area (Å²) in [5.41, 5.74) is 1.46. The molecule has 1 saturated carbocycles. The van der Waals surface area contributed by atoms with E-state index in [0.717, 1.165) is 6.42 Å². The van der Waals surface area contributed by atoms with Crippen LogP contribution in [-0.2, 0) is 6.42 Å². The first-order chi connectivity index (χ1) is 8.30. The van der Waals surface area contributed by atoms with E-state index < -0.39 is 0 Å². The molecule has 1 aromatic rings. The van der Waals surface area contributed by atoms with Gasteiger partial charge < -0.3 is 0 Å². The Balaban J connectivity index is 2.16. The number of alkyl halides is 2. The van der Waals surface area contributed by atoms with Gasteiger partial charge in [-0.15, -0.1) is 23.2 Å². The zero-order valence-corrected chi connectivity index (χ0v) is 11.7. The molecule has 0 bridgehead atoms. The molecular weight excluding hydrogens is 251 g/mol. The Morgan fingerprint density at radius 3 is 2.12 bits per heavy atom. The lowest BCUT2D eigenvalue weighted by Crippen LogP contribution is -2.35. The van der Waals surface area contributed by atoms with Gasteiger partial charge in [-0.2, -0.15) is 0 Å². The summed E-state index contributed by atoms with van der Waals surface area (Å²) in [5.74, 6) is 2.06. The highest BCUT2D eigenvalue weighted by atomic mass is 35.5. The van der Waals surface area contributed by atoms with Crippen LogP contribution in [0.5, 0.6) is 0 Å². The van der Waals surface area contributed by atoms with Gasteiger partial charge in [0.2, 0.25) is 0 Å². The van der Waals surface area contributed by atoms with Crippen LogP contribution in [0.25, 0.3) is 0 Å². The topological polar surface area (TPSA) is 0 Å². The normalized spacial score (nSPS) is 17.5. The van der Waals surface area contributed by atoms with Crippen molar-refractivity contribution in [2.24, 2.45) is 11.3 Å². The van der Waals surface area contributed by atoms with Crippen molar-refractivity contribution in [2.75, 3.05) is 11.8 Å². The Hall–Kier alpha value is -0.200. The first kappa shape index (κ1) is 13.2. The maximum Gasteiger partial charge on any atom is 0.0297 e. The van der Waals surface area contributed by atoms with Crippen LogP contribution in [-0.4, -0.2) is 11.8 Å². The van der Waals surface area contributed by atoms with Crippen molar-refractivity contribution in [3.63, 3.8) is 0 Å².